The van der Waals surface area contributed by atoms with Crippen molar-refractivity contribution in [2.24, 2.45) is 0 Å². The molecule has 3 aromatic rings. The minimum atomic E-state index is -5.31. The number of anilines is 1. The molecule has 1 saturated heterocycles. The van der Waals surface area contributed by atoms with Gasteiger partial charge in [-0.05, 0) is 19.1 Å². The highest BCUT2D eigenvalue weighted by atomic mass is 19.4. The first-order valence-electron chi connectivity index (χ1n) is 11.7. The van der Waals surface area contributed by atoms with Gasteiger partial charge in [0.15, 0.2) is 5.82 Å². The summed E-state index contributed by atoms with van der Waals surface area (Å²) in [6, 6.07) is 0.714. The second-order valence-corrected chi connectivity index (χ2v) is 9.68. The van der Waals surface area contributed by atoms with E-state index >= 15 is 0 Å². The van der Waals surface area contributed by atoms with Gasteiger partial charge in [-0.2, -0.15) is 31.4 Å². The molecular formula is C23H20F7N7O3. The normalized spacial score (nSPS) is 21.6. The van der Waals surface area contributed by atoms with Gasteiger partial charge in [0.25, 0.3) is 11.8 Å². The van der Waals surface area contributed by atoms with Crippen LogP contribution in [0.25, 0.3) is 16.8 Å². The number of hydrogen-bond acceptors (Lipinski definition) is 7. The molecule has 5 heterocycles. The van der Waals surface area contributed by atoms with Crippen molar-refractivity contribution in [2.45, 2.75) is 43.5 Å². The quantitative estimate of drug-likeness (QED) is 0.459. The van der Waals surface area contributed by atoms with Crippen LogP contribution in [0.2, 0.25) is 0 Å². The average Bonchev–Trinajstić information content (AvgIpc) is 3.45. The number of aromatic nitrogens is 4. The van der Waals surface area contributed by atoms with E-state index in [9.17, 15) is 45.4 Å². The van der Waals surface area contributed by atoms with Gasteiger partial charge in [0.05, 0.1) is 35.1 Å². The van der Waals surface area contributed by atoms with Crippen molar-refractivity contribution >= 4 is 23.1 Å². The van der Waals surface area contributed by atoms with Crippen molar-refractivity contribution in [1.29, 1.82) is 0 Å². The fourth-order valence-corrected chi connectivity index (χ4v) is 4.94. The first-order valence-corrected chi connectivity index (χ1v) is 11.7. The summed E-state index contributed by atoms with van der Waals surface area (Å²) in [6.45, 7) is -1.19. The third-order valence-electron chi connectivity index (χ3n) is 7.11. The summed E-state index contributed by atoms with van der Waals surface area (Å²) in [7, 11) is 0. The van der Waals surface area contributed by atoms with Crippen LogP contribution < -0.4 is 5.73 Å². The van der Waals surface area contributed by atoms with E-state index in [1.54, 1.807) is 0 Å². The zero-order chi connectivity index (χ0) is 29.4. The molecule has 2 unspecified atom stereocenters. The highest BCUT2D eigenvalue weighted by Gasteiger charge is 2.58. The van der Waals surface area contributed by atoms with Crippen molar-refractivity contribution in [2.75, 3.05) is 25.4 Å². The number of carbonyl (C=O) groups excluding carboxylic acids is 2. The molecule has 17 heteroatoms. The number of nitrogens with zero attached hydrogens (tertiary/aromatic N) is 6. The maximum absolute atomic E-state index is 15.0. The molecular weight excluding hydrogens is 555 g/mol. The molecule has 3 aromatic heterocycles. The van der Waals surface area contributed by atoms with Crippen LogP contribution in [0.5, 0.6) is 0 Å². The number of halogens is 7. The number of nitrogen functional groups attached to an aromatic ring is 1. The second-order valence-electron chi connectivity index (χ2n) is 9.68. The summed E-state index contributed by atoms with van der Waals surface area (Å²) in [4.78, 5) is 35.1. The Bertz CT molecular complexity index is 1520. The van der Waals surface area contributed by atoms with Crippen LogP contribution >= 0.6 is 0 Å². The summed E-state index contributed by atoms with van der Waals surface area (Å²) < 4.78 is 96.4. The van der Waals surface area contributed by atoms with Gasteiger partial charge in [-0.3, -0.25) is 14.6 Å². The van der Waals surface area contributed by atoms with Gasteiger partial charge in [0.2, 0.25) is 5.60 Å². The molecule has 0 radical (unpaired) electrons. The molecule has 214 valence electrons. The largest absolute Gasteiger partial charge is 0.426 e. The lowest BCUT2D eigenvalue weighted by Crippen LogP contribution is -2.56. The molecule has 0 aliphatic carbocycles. The molecule has 2 aliphatic rings. The second kappa shape index (κ2) is 9.00. The van der Waals surface area contributed by atoms with Gasteiger partial charge in [0.1, 0.15) is 18.0 Å². The number of rotatable bonds is 3. The molecule has 40 heavy (non-hydrogen) atoms. The molecule has 0 aromatic carbocycles. The molecule has 2 aliphatic heterocycles. The summed E-state index contributed by atoms with van der Waals surface area (Å²) in [6.07, 6.45) is -9.73. The lowest BCUT2D eigenvalue weighted by molar-refractivity contribution is -0.249. The third-order valence-corrected chi connectivity index (χ3v) is 7.11. The van der Waals surface area contributed by atoms with E-state index in [0.29, 0.717) is 4.90 Å². The van der Waals surface area contributed by atoms with E-state index in [2.05, 4.69) is 15.1 Å². The lowest BCUT2D eigenvalue weighted by Gasteiger charge is -2.34. The summed E-state index contributed by atoms with van der Waals surface area (Å²) in [5.74, 6) is -2.95. The molecule has 3 N–H and O–H groups in total. The fraction of sp³-hybridized carbons (Fsp3) is 0.435. The maximum Gasteiger partial charge on any atom is 0.426 e. The predicted octanol–water partition coefficient (Wildman–Crippen LogP) is 2.25. The monoisotopic (exact) mass is 575 g/mol. The van der Waals surface area contributed by atoms with Crippen LogP contribution in [0.4, 0.5) is 36.6 Å². The zero-order valence-corrected chi connectivity index (χ0v) is 20.5. The average molecular weight is 575 g/mol. The van der Waals surface area contributed by atoms with E-state index in [1.165, 1.54) is 12.3 Å². The molecule has 3 atom stereocenters. The number of amides is 2. The van der Waals surface area contributed by atoms with Gasteiger partial charge in [-0.1, -0.05) is 0 Å². The van der Waals surface area contributed by atoms with Crippen molar-refractivity contribution in [3.63, 3.8) is 0 Å². The Kier molecular flexibility index (Phi) is 6.20. The van der Waals surface area contributed by atoms with Crippen molar-refractivity contribution in [3.05, 3.63) is 41.5 Å². The Balaban J connectivity index is 1.47. The van der Waals surface area contributed by atoms with Crippen LogP contribution in [-0.4, -0.2) is 89.9 Å². The van der Waals surface area contributed by atoms with E-state index in [4.69, 9.17) is 5.73 Å². The fourth-order valence-electron chi connectivity index (χ4n) is 4.94. The maximum atomic E-state index is 15.0. The number of alkyl halides is 7. The molecule has 0 spiro atoms. The minimum absolute atomic E-state index is 0.0544. The molecule has 0 bridgehead atoms. The number of nitrogens with two attached hydrogens (primary N) is 1. The number of fused-ring (bicyclic) bond motifs is 2. The molecule has 10 nitrogen and oxygen atoms in total. The highest BCUT2D eigenvalue weighted by molar-refractivity contribution is 5.98. The van der Waals surface area contributed by atoms with Gasteiger partial charge < -0.3 is 20.6 Å². The lowest BCUT2D eigenvalue weighted by atomic mass is 9.99. The van der Waals surface area contributed by atoms with Crippen LogP contribution in [0.15, 0.2) is 24.7 Å². The summed E-state index contributed by atoms with van der Waals surface area (Å²) in [5, 5.41) is 13.6. The van der Waals surface area contributed by atoms with Crippen LogP contribution in [-0.2, 0) is 17.4 Å². The standard InChI is InChI=1S/C23H20F7N7O3/c1-21(40,23(28,29)30)20(39)35-7-13(24)16(8-35)36-3-2-14-11(19(36)38)4-10(6-32-14)15-5-12(22(25,26)27)17-18(31)33-9-34-37(15)17/h4-6,9,13,16,40H,2-3,7-8H2,1H3,(H2,31,33,34)/t13?,16?,21-/m1/s1. The van der Waals surface area contributed by atoms with Crippen LogP contribution in [0, 0.1) is 0 Å². The van der Waals surface area contributed by atoms with Crippen molar-refractivity contribution in [1.82, 2.24) is 29.4 Å². The summed E-state index contributed by atoms with van der Waals surface area (Å²) in [5.41, 5.74) is 0.474. The molecule has 2 amide bonds. The van der Waals surface area contributed by atoms with E-state index in [0.717, 1.165) is 21.8 Å². The number of pyridine rings is 1. The van der Waals surface area contributed by atoms with Gasteiger partial charge in [-0.25, -0.2) is 13.9 Å². The number of likely N-dealkylation sites (tertiary alicyclic amines) is 1. The number of aliphatic hydroxyl groups is 1. The van der Waals surface area contributed by atoms with Gasteiger partial charge in [-0.15, -0.1) is 0 Å². The third kappa shape index (κ3) is 4.28. The van der Waals surface area contributed by atoms with E-state index in [1.807, 2.05) is 0 Å². The predicted molar refractivity (Wildman–Crippen MR) is 122 cm³/mol. The van der Waals surface area contributed by atoms with E-state index in [-0.39, 0.29) is 42.4 Å². The smallest absolute Gasteiger partial charge is 0.382 e. The van der Waals surface area contributed by atoms with Gasteiger partial charge in [0, 0.05) is 31.3 Å². The van der Waals surface area contributed by atoms with E-state index < -0.39 is 72.0 Å². The van der Waals surface area contributed by atoms with Crippen LogP contribution in [0.1, 0.15) is 28.5 Å². The van der Waals surface area contributed by atoms with Gasteiger partial charge >= 0.3 is 12.4 Å². The molecule has 1 fully saturated rings. The zero-order valence-electron chi connectivity index (χ0n) is 20.5. The Morgan fingerprint density at radius 1 is 1.12 bits per heavy atom. The molecule has 5 rings (SSSR count). The van der Waals surface area contributed by atoms with Crippen molar-refractivity contribution in [3.8, 4) is 11.3 Å². The minimum Gasteiger partial charge on any atom is -0.382 e. The number of hydrogen-bond donors (Lipinski definition) is 2. The first-order chi connectivity index (χ1) is 18.5. The summed E-state index contributed by atoms with van der Waals surface area (Å²) >= 11 is 0. The van der Waals surface area contributed by atoms with Crippen molar-refractivity contribution < 1.29 is 45.4 Å². The topological polar surface area (TPSA) is 130 Å². The highest BCUT2D eigenvalue weighted by Crippen LogP contribution is 2.39. The Hall–Kier alpha value is -4.02. The first kappa shape index (κ1) is 27.5. The van der Waals surface area contributed by atoms with Crippen LogP contribution in [0.3, 0.4) is 0 Å². The Morgan fingerprint density at radius 3 is 2.48 bits per heavy atom. The molecule has 0 saturated carbocycles. The Labute approximate surface area is 220 Å². The SMILES string of the molecule is C[C@@](O)(C(=O)N1CC(F)C(N2CCc3ncc(-c4cc(C(F)(F)F)c5c(N)ncnn45)cc3C2=O)C1)C(F)(F)F. The number of carbonyl (C=O) groups is 2. The Morgan fingerprint density at radius 2 is 1.82 bits per heavy atom.